The molecule has 0 unspecified atom stereocenters. The fraction of sp³-hybridized carbons (Fsp3) is 0.684. The molecule has 4 rings (SSSR count). The van der Waals surface area contributed by atoms with E-state index in [1.54, 1.807) is 12.3 Å². The van der Waals surface area contributed by atoms with Gasteiger partial charge in [0.25, 0.3) is 0 Å². The van der Waals surface area contributed by atoms with Crippen molar-refractivity contribution in [3.8, 4) is 0 Å². The first kappa shape index (κ1) is 16.8. The fourth-order valence-electron chi connectivity index (χ4n) is 4.87. The number of hydrogen-bond donors (Lipinski definition) is 1. The molecule has 1 amide bonds. The minimum absolute atomic E-state index is 0.208. The minimum atomic E-state index is -0.391. The highest BCUT2D eigenvalue weighted by Gasteiger charge is 2.51. The van der Waals surface area contributed by atoms with E-state index in [1.165, 1.54) is 6.07 Å². The molecule has 1 atom stereocenters. The molecule has 1 spiro atoms. The standard InChI is InChI=1S/C19H26FN3O2/c20-16-3-1-10-21-17(16)22-11-2-8-19(13-22)9-12-23(18(19)25)14-4-6-15(24)7-5-14/h1,3,10,14-15,24H,2,4-9,11-13H2/t14-,15+,19-/m0/s1. The maximum atomic E-state index is 14.1. The van der Waals surface area contributed by atoms with Crippen molar-refractivity contribution in [3.63, 3.8) is 0 Å². The number of aromatic nitrogens is 1. The van der Waals surface area contributed by atoms with E-state index < -0.39 is 5.41 Å². The van der Waals surface area contributed by atoms with E-state index in [0.29, 0.717) is 12.4 Å². The van der Waals surface area contributed by atoms with E-state index in [0.717, 1.165) is 58.0 Å². The van der Waals surface area contributed by atoms with Gasteiger partial charge < -0.3 is 14.9 Å². The van der Waals surface area contributed by atoms with Gasteiger partial charge in [0.2, 0.25) is 5.91 Å². The fourth-order valence-corrected chi connectivity index (χ4v) is 4.87. The number of amides is 1. The van der Waals surface area contributed by atoms with Gasteiger partial charge in [0.15, 0.2) is 11.6 Å². The van der Waals surface area contributed by atoms with Crippen LogP contribution in [0.1, 0.15) is 44.9 Å². The summed E-state index contributed by atoms with van der Waals surface area (Å²) in [5.74, 6) is 0.284. The van der Waals surface area contributed by atoms with Gasteiger partial charge in [-0.3, -0.25) is 4.79 Å². The van der Waals surface area contributed by atoms with Crippen LogP contribution in [-0.2, 0) is 4.79 Å². The summed E-state index contributed by atoms with van der Waals surface area (Å²) >= 11 is 0. The largest absolute Gasteiger partial charge is 0.393 e. The van der Waals surface area contributed by atoms with Gasteiger partial charge >= 0.3 is 0 Å². The molecule has 2 saturated heterocycles. The molecule has 1 aromatic rings. The van der Waals surface area contributed by atoms with Crippen LogP contribution in [0, 0.1) is 11.2 Å². The summed E-state index contributed by atoms with van der Waals surface area (Å²) in [7, 11) is 0. The van der Waals surface area contributed by atoms with Crippen LogP contribution in [0.2, 0.25) is 0 Å². The number of halogens is 1. The van der Waals surface area contributed by atoms with Crippen LogP contribution in [0.3, 0.4) is 0 Å². The van der Waals surface area contributed by atoms with Gasteiger partial charge in [-0.05, 0) is 57.1 Å². The quantitative estimate of drug-likeness (QED) is 0.892. The third-order valence-electron chi connectivity index (χ3n) is 6.27. The summed E-state index contributed by atoms with van der Waals surface area (Å²) in [5, 5.41) is 9.71. The molecular formula is C19H26FN3O2. The van der Waals surface area contributed by atoms with Crippen LogP contribution < -0.4 is 4.90 Å². The molecule has 3 fully saturated rings. The molecule has 1 N–H and O–H groups in total. The molecule has 0 bridgehead atoms. The van der Waals surface area contributed by atoms with Crippen LogP contribution in [0.5, 0.6) is 0 Å². The van der Waals surface area contributed by atoms with Gasteiger partial charge in [0.1, 0.15) is 0 Å². The molecule has 1 aromatic heterocycles. The van der Waals surface area contributed by atoms with Crippen LogP contribution in [0.25, 0.3) is 0 Å². The summed E-state index contributed by atoms with van der Waals surface area (Å²) in [6.45, 7) is 2.10. The second-order valence-corrected chi connectivity index (χ2v) is 7.83. The number of carbonyl (C=O) groups excluding carboxylic acids is 1. The number of nitrogens with zero attached hydrogens (tertiary/aromatic N) is 3. The first-order valence-electron chi connectivity index (χ1n) is 9.44. The maximum absolute atomic E-state index is 14.1. The zero-order valence-corrected chi connectivity index (χ0v) is 14.5. The molecule has 0 radical (unpaired) electrons. The van der Waals surface area contributed by atoms with Gasteiger partial charge in [-0.1, -0.05) is 0 Å². The van der Waals surface area contributed by atoms with Crippen molar-refractivity contribution in [2.24, 2.45) is 5.41 Å². The molecule has 1 aliphatic carbocycles. The van der Waals surface area contributed by atoms with Gasteiger partial charge in [-0.2, -0.15) is 0 Å². The van der Waals surface area contributed by atoms with Gasteiger partial charge in [-0.15, -0.1) is 0 Å². The van der Waals surface area contributed by atoms with Crippen molar-refractivity contribution in [1.29, 1.82) is 0 Å². The SMILES string of the molecule is O=C1N([C@H]2CC[C@@H](O)CC2)CC[C@]12CCCN(c1ncccc1F)C2. The Morgan fingerprint density at radius 1 is 1.20 bits per heavy atom. The van der Waals surface area contributed by atoms with Gasteiger partial charge in [0, 0.05) is 31.9 Å². The second-order valence-electron chi connectivity index (χ2n) is 7.83. The summed E-state index contributed by atoms with van der Waals surface area (Å²) in [5.41, 5.74) is -0.391. The highest BCUT2D eigenvalue weighted by molar-refractivity contribution is 5.86. The van der Waals surface area contributed by atoms with Crippen molar-refractivity contribution in [2.75, 3.05) is 24.5 Å². The topological polar surface area (TPSA) is 56.7 Å². The van der Waals surface area contributed by atoms with E-state index in [2.05, 4.69) is 4.98 Å². The van der Waals surface area contributed by atoms with Crippen molar-refractivity contribution in [2.45, 2.75) is 57.1 Å². The number of anilines is 1. The van der Waals surface area contributed by atoms with Crippen LogP contribution in [-0.4, -0.2) is 52.7 Å². The second kappa shape index (κ2) is 6.56. The molecule has 2 aliphatic heterocycles. The average molecular weight is 347 g/mol. The Bertz CT molecular complexity index is 647. The zero-order valence-electron chi connectivity index (χ0n) is 14.5. The number of rotatable bonds is 2. The van der Waals surface area contributed by atoms with Crippen molar-refractivity contribution in [3.05, 3.63) is 24.1 Å². The van der Waals surface area contributed by atoms with Crippen LogP contribution in [0.15, 0.2) is 18.3 Å². The average Bonchev–Trinajstić information content (AvgIpc) is 2.92. The summed E-state index contributed by atoms with van der Waals surface area (Å²) in [4.78, 5) is 21.4. The number of pyridine rings is 1. The Morgan fingerprint density at radius 3 is 2.76 bits per heavy atom. The highest BCUT2D eigenvalue weighted by Crippen LogP contribution is 2.43. The normalized spacial score (nSPS) is 33.3. The molecular weight excluding hydrogens is 321 g/mol. The molecule has 1 saturated carbocycles. The van der Waals surface area contributed by atoms with E-state index in [4.69, 9.17) is 0 Å². The predicted octanol–water partition coefficient (Wildman–Crippen LogP) is 2.34. The predicted molar refractivity (Wildman–Crippen MR) is 92.7 cm³/mol. The van der Waals surface area contributed by atoms with Gasteiger partial charge in [0.05, 0.1) is 11.5 Å². The van der Waals surface area contributed by atoms with Crippen molar-refractivity contribution in [1.82, 2.24) is 9.88 Å². The lowest BCUT2D eigenvalue weighted by Crippen LogP contribution is -2.50. The first-order chi connectivity index (χ1) is 12.1. The van der Waals surface area contributed by atoms with E-state index in [1.807, 2.05) is 9.80 Å². The van der Waals surface area contributed by atoms with E-state index in [-0.39, 0.29) is 23.9 Å². The Hall–Kier alpha value is -1.69. The van der Waals surface area contributed by atoms with E-state index >= 15 is 0 Å². The minimum Gasteiger partial charge on any atom is -0.393 e. The third kappa shape index (κ3) is 3.01. The lowest BCUT2D eigenvalue weighted by molar-refractivity contribution is -0.139. The monoisotopic (exact) mass is 347 g/mol. The van der Waals surface area contributed by atoms with E-state index in [9.17, 15) is 14.3 Å². The smallest absolute Gasteiger partial charge is 0.230 e. The van der Waals surface area contributed by atoms with Crippen molar-refractivity contribution >= 4 is 11.7 Å². The number of piperidine rings is 1. The lowest BCUT2D eigenvalue weighted by Gasteiger charge is -2.41. The molecule has 25 heavy (non-hydrogen) atoms. The Kier molecular flexibility index (Phi) is 4.40. The van der Waals surface area contributed by atoms with Gasteiger partial charge in [-0.25, -0.2) is 9.37 Å². The first-order valence-corrected chi connectivity index (χ1v) is 9.44. The lowest BCUT2D eigenvalue weighted by atomic mass is 9.78. The summed E-state index contributed by atoms with van der Waals surface area (Å²) < 4.78 is 14.1. The Labute approximate surface area is 147 Å². The summed E-state index contributed by atoms with van der Waals surface area (Å²) in [6.07, 6.45) is 7.36. The van der Waals surface area contributed by atoms with Crippen LogP contribution >= 0.6 is 0 Å². The Morgan fingerprint density at radius 2 is 2.00 bits per heavy atom. The number of aliphatic hydroxyl groups excluding tert-OH is 1. The molecule has 0 aromatic carbocycles. The molecule has 136 valence electrons. The summed E-state index contributed by atoms with van der Waals surface area (Å²) in [6, 6.07) is 3.29. The number of hydrogen-bond acceptors (Lipinski definition) is 4. The maximum Gasteiger partial charge on any atom is 0.230 e. The number of carbonyl (C=O) groups is 1. The van der Waals surface area contributed by atoms with Crippen LogP contribution in [0.4, 0.5) is 10.2 Å². The zero-order chi connectivity index (χ0) is 17.4. The molecule has 3 aliphatic rings. The van der Waals surface area contributed by atoms with Crippen molar-refractivity contribution < 1.29 is 14.3 Å². The molecule has 3 heterocycles. The Balaban J connectivity index is 1.50. The molecule has 5 nitrogen and oxygen atoms in total. The third-order valence-corrected chi connectivity index (χ3v) is 6.27. The molecule has 6 heteroatoms. The highest BCUT2D eigenvalue weighted by atomic mass is 19.1. The number of likely N-dealkylation sites (tertiary alicyclic amines) is 1. The number of aliphatic hydroxyl groups is 1.